The number of nitrogens with two attached hydrogens (primary N) is 1. The molecular formula is C56H65F2N11O3. The molecule has 5 aromatic carbocycles. The molecule has 3 N–H and O–H groups in total. The lowest BCUT2D eigenvalue weighted by Gasteiger charge is -2.35. The Bertz CT molecular complexity index is 3170. The molecule has 10 rings (SSSR count). The fraction of sp³-hybridized carbons (Fsp3) is 0.268. The van der Waals surface area contributed by atoms with Crippen LogP contribution in [0.4, 0.5) is 20.2 Å². The van der Waals surface area contributed by atoms with Gasteiger partial charge in [-0.05, 0) is 115 Å². The van der Waals surface area contributed by atoms with Crippen LogP contribution in [0, 0.1) is 11.6 Å². The number of aromatic nitrogens is 6. The Morgan fingerprint density at radius 2 is 1.28 bits per heavy atom. The van der Waals surface area contributed by atoms with E-state index in [2.05, 4.69) is 43.7 Å². The van der Waals surface area contributed by atoms with E-state index in [0.717, 1.165) is 56.2 Å². The Kier molecular flexibility index (Phi) is 17.7. The summed E-state index contributed by atoms with van der Waals surface area (Å²) in [5, 5.41) is 13.9. The second kappa shape index (κ2) is 23.2. The van der Waals surface area contributed by atoms with Crippen molar-refractivity contribution in [3.05, 3.63) is 151 Å². The van der Waals surface area contributed by atoms with Gasteiger partial charge in [0.25, 0.3) is 5.91 Å². The summed E-state index contributed by atoms with van der Waals surface area (Å²) < 4.78 is 30.1. The second-order valence-corrected chi connectivity index (χ2v) is 17.1. The van der Waals surface area contributed by atoms with Crippen molar-refractivity contribution in [2.45, 2.75) is 48.1 Å². The number of benzene rings is 5. The average molecular weight is 978 g/mol. The first-order valence-corrected chi connectivity index (χ1v) is 22.2. The quantitative estimate of drug-likeness (QED) is 0.100. The molecule has 1 atom stereocenters. The summed E-state index contributed by atoms with van der Waals surface area (Å²) in [5.74, 6) is -0.252. The first kappa shape index (κ1) is 54.8. The number of likely N-dealkylation sites (tertiary alicyclic amines) is 1. The van der Waals surface area contributed by atoms with Crippen LogP contribution in [0.5, 0.6) is 0 Å². The van der Waals surface area contributed by atoms with Crippen molar-refractivity contribution < 1.29 is 23.2 Å². The highest BCUT2D eigenvalue weighted by atomic mass is 19.1. The van der Waals surface area contributed by atoms with E-state index in [4.69, 9.17) is 5.73 Å². The van der Waals surface area contributed by atoms with E-state index in [0.29, 0.717) is 55.4 Å². The van der Waals surface area contributed by atoms with E-state index < -0.39 is 5.54 Å². The van der Waals surface area contributed by atoms with E-state index in [1.165, 1.54) is 34.7 Å². The molecule has 72 heavy (non-hydrogen) atoms. The van der Waals surface area contributed by atoms with Crippen LogP contribution in [-0.2, 0) is 28.5 Å². The van der Waals surface area contributed by atoms with Crippen LogP contribution in [0.25, 0.3) is 61.3 Å². The van der Waals surface area contributed by atoms with Crippen molar-refractivity contribution in [3.8, 4) is 33.9 Å². The Hall–Kier alpha value is -8.11. The number of nitrogens with one attached hydrogen (secondary N) is 1. The second-order valence-electron chi connectivity index (χ2n) is 17.1. The minimum atomic E-state index is -1.16. The normalized spacial score (nSPS) is 15.1. The Morgan fingerprint density at radius 3 is 1.83 bits per heavy atom. The molecule has 2 aliphatic heterocycles. The third-order valence-electron chi connectivity index (χ3n) is 12.8. The number of fused-ring (bicyclic) bond motifs is 2. The van der Waals surface area contributed by atoms with Crippen molar-refractivity contribution >= 4 is 57.0 Å². The molecule has 3 amide bonds. The number of rotatable bonds is 10. The van der Waals surface area contributed by atoms with Crippen molar-refractivity contribution in [2.24, 2.45) is 14.1 Å². The predicted molar refractivity (Wildman–Crippen MR) is 286 cm³/mol. The van der Waals surface area contributed by atoms with Gasteiger partial charge in [-0.3, -0.25) is 28.6 Å². The van der Waals surface area contributed by atoms with Crippen LogP contribution in [0.15, 0.2) is 134 Å². The molecule has 0 aliphatic carbocycles. The molecule has 2 aliphatic rings. The van der Waals surface area contributed by atoms with Gasteiger partial charge in [0.2, 0.25) is 12.3 Å². The van der Waals surface area contributed by atoms with Gasteiger partial charge in [0.1, 0.15) is 28.6 Å². The van der Waals surface area contributed by atoms with Gasteiger partial charge in [0.05, 0.1) is 17.6 Å². The maximum atomic E-state index is 14.0. The number of amides is 3. The predicted octanol–water partition coefficient (Wildman–Crippen LogP) is 10.1. The number of likely N-dealkylation sites (N-methyl/N-ethyl adjacent to an activating group) is 1. The largest absolute Gasteiger partial charge is 0.399 e. The topological polar surface area (TPSA) is 160 Å². The van der Waals surface area contributed by atoms with E-state index in [9.17, 15) is 23.2 Å². The van der Waals surface area contributed by atoms with Crippen LogP contribution < -0.4 is 11.1 Å². The Morgan fingerprint density at radius 1 is 0.736 bits per heavy atom. The van der Waals surface area contributed by atoms with Crippen LogP contribution in [0.2, 0.25) is 0 Å². The molecule has 0 saturated carbocycles. The zero-order valence-electron chi connectivity index (χ0n) is 37.8. The lowest BCUT2D eigenvalue weighted by molar-refractivity contribution is -0.135. The number of nitrogens with zero attached hydrogens (tertiary/aromatic N) is 9. The summed E-state index contributed by atoms with van der Waals surface area (Å²) in [6.45, 7) is 1.96. The molecule has 1 fully saturated rings. The molecule has 376 valence electrons. The number of hydrogen-bond acceptors (Lipinski definition) is 9. The van der Waals surface area contributed by atoms with Gasteiger partial charge < -0.3 is 20.9 Å². The van der Waals surface area contributed by atoms with Gasteiger partial charge in [-0.1, -0.05) is 60.0 Å². The van der Waals surface area contributed by atoms with Gasteiger partial charge in [-0.15, -0.1) is 0 Å². The van der Waals surface area contributed by atoms with E-state index >= 15 is 0 Å². The standard InChI is InChI=1S/C38H37FN8O3.C14H12FN3.4CH4/c1-44(25-48)38(37(50)42-31-12-13-33-32(22-31)35(43-45(33)2)28-8-10-30(39)11-9-28)16-21-46(24-38)23-34(49)47-19-14-27(15-20-47)26-4-6-29(7-5-26)36-40-17-3-18-41-36;1-18-13-7-6-11(16)8-12(13)14(17-18)9-2-4-10(15)5-3-9;;;;/h3-14,17-18,22,25H,15-16,19-21,23-24H2,1-2H3,(H,42,50);2-8H,16H2,1H3;4*1H4. The lowest BCUT2D eigenvalue weighted by atomic mass is 9.95. The first-order valence-electron chi connectivity index (χ1n) is 22.2. The summed E-state index contributed by atoms with van der Waals surface area (Å²) in [7, 11) is 5.31. The molecule has 16 heteroatoms. The SMILES string of the molecule is C.C.C.C.CN(C=O)C1(C(=O)Nc2ccc3c(c2)c(-c2ccc(F)cc2)nn3C)CCN(CC(=O)N2CC=C(c3ccc(-c4ncccn4)cc3)CC2)C1.Cn1nc(-c2ccc(F)cc2)c2cc(N)ccc21. The van der Waals surface area contributed by atoms with Gasteiger partial charge >= 0.3 is 0 Å². The van der Waals surface area contributed by atoms with Crippen LogP contribution in [-0.4, -0.2) is 108 Å². The summed E-state index contributed by atoms with van der Waals surface area (Å²) in [6, 6.07) is 33.5. The van der Waals surface area contributed by atoms with Crippen LogP contribution in [0.1, 0.15) is 48.1 Å². The molecule has 0 bridgehead atoms. The van der Waals surface area contributed by atoms with Gasteiger partial charge in [-0.25, -0.2) is 18.7 Å². The monoisotopic (exact) mass is 978 g/mol. The van der Waals surface area contributed by atoms with E-state index in [1.807, 2.05) is 66.4 Å². The third-order valence-corrected chi connectivity index (χ3v) is 12.8. The van der Waals surface area contributed by atoms with Gasteiger partial charge in [-0.2, -0.15) is 10.2 Å². The van der Waals surface area contributed by atoms with Crippen LogP contribution >= 0.6 is 0 Å². The number of hydrogen-bond donors (Lipinski definition) is 2. The van der Waals surface area contributed by atoms with Crippen molar-refractivity contribution in [2.75, 3.05) is 50.8 Å². The third kappa shape index (κ3) is 11.2. The molecule has 1 saturated heterocycles. The Labute approximate surface area is 420 Å². The van der Waals surface area contributed by atoms with Crippen molar-refractivity contribution in [3.63, 3.8) is 0 Å². The molecular weight excluding hydrogens is 913 g/mol. The number of halogens is 2. The molecule has 1 unspecified atom stereocenters. The maximum absolute atomic E-state index is 14.0. The minimum absolute atomic E-state index is 0. The number of carbonyl (C=O) groups excluding carboxylic acids is 3. The lowest BCUT2D eigenvalue weighted by Crippen LogP contribution is -2.57. The molecule has 8 aromatic rings. The fourth-order valence-electron chi connectivity index (χ4n) is 8.99. The van der Waals surface area contributed by atoms with Crippen molar-refractivity contribution in [1.82, 2.24) is 44.2 Å². The zero-order chi connectivity index (χ0) is 47.5. The van der Waals surface area contributed by atoms with Gasteiger partial charge in [0, 0.05) is 98.6 Å². The maximum Gasteiger partial charge on any atom is 0.251 e. The number of carbonyl (C=O) groups is 3. The highest BCUT2D eigenvalue weighted by Gasteiger charge is 2.48. The van der Waals surface area contributed by atoms with E-state index in [1.54, 1.807) is 65.2 Å². The molecule has 3 aromatic heterocycles. The minimum Gasteiger partial charge on any atom is -0.399 e. The van der Waals surface area contributed by atoms with Gasteiger partial charge in [0.15, 0.2) is 5.82 Å². The molecule has 14 nitrogen and oxygen atoms in total. The number of aryl methyl sites for hydroxylation is 2. The Balaban J connectivity index is 0.000000369. The summed E-state index contributed by atoms with van der Waals surface area (Å²) >= 11 is 0. The smallest absolute Gasteiger partial charge is 0.251 e. The zero-order valence-corrected chi connectivity index (χ0v) is 37.8. The summed E-state index contributed by atoms with van der Waals surface area (Å²) in [4.78, 5) is 53.3. The number of nitrogen functional groups attached to an aromatic ring is 1. The highest BCUT2D eigenvalue weighted by Crippen LogP contribution is 2.34. The van der Waals surface area contributed by atoms with E-state index in [-0.39, 0.29) is 66.2 Å². The summed E-state index contributed by atoms with van der Waals surface area (Å²) in [5.41, 5.74) is 14.1. The molecule has 5 heterocycles. The highest BCUT2D eigenvalue weighted by molar-refractivity contribution is 6.03. The first-order chi connectivity index (χ1) is 32.9. The summed E-state index contributed by atoms with van der Waals surface area (Å²) in [6.07, 6.45) is 7.32. The van der Waals surface area contributed by atoms with Crippen LogP contribution in [0.3, 0.4) is 0 Å². The fourth-order valence-corrected chi connectivity index (χ4v) is 8.99. The molecule has 0 spiro atoms. The van der Waals surface area contributed by atoms with Crippen molar-refractivity contribution in [1.29, 1.82) is 0 Å². The molecule has 0 radical (unpaired) electrons. The average Bonchev–Trinajstić information content (AvgIpc) is 4.05. The number of anilines is 2.